The average Bonchev–Trinajstić information content (AvgIpc) is 3.06. The fourth-order valence-electron chi connectivity index (χ4n) is 3.27. The SMILES string of the molecule is C=C.CC.CN/C=C\C=C(/C=O)c1c(C)n(Cc2ccccc2F)c2cnc(C)cc12. The van der Waals surface area contributed by atoms with Gasteiger partial charge in [0.15, 0.2) is 6.29 Å². The van der Waals surface area contributed by atoms with Crippen LogP contribution in [0.4, 0.5) is 4.39 Å². The Kier molecular flexibility index (Phi) is 10.7. The van der Waals surface area contributed by atoms with Gasteiger partial charge in [-0.05, 0) is 44.3 Å². The second kappa shape index (κ2) is 13.0. The molecule has 0 unspecified atom stereocenters. The van der Waals surface area contributed by atoms with Gasteiger partial charge in [0.1, 0.15) is 5.82 Å². The van der Waals surface area contributed by atoms with Crippen molar-refractivity contribution in [3.8, 4) is 0 Å². The highest BCUT2D eigenvalue weighted by Crippen LogP contribution is 2.32. The van der Waals surface area contributed by atoms with E-state index in [4.69, 9.17) is 0 Å². The maximum absolute atomic E-state index is 14.2. The molecule has 0 atom stereocenters. The maximum Gasteiger partial charge on any atom is 0.150 e. The van der Waals surface area contributed by atoms with Crippen molar-refractivity contribution in [2.75, 3.05) is 7.05 Å². The van der Waals surface area contributed by atoms with E-state index < -0.39 is 0 Å². The monoisotopic (exact) mass is 421 g/mol. The number of rotatable bonds is 6. The number of hydrogen-bond acceptors (Lipinski definition) is 3. The molecular formula is C26H32FN3O. The largest absolute Gasteiger partial charge is 0.394 e. The predicted octanol–water partition coefficient (Wildman–Crippen LogP) is 5.98. The van der Waals surface area contributed by atoms with Gasteiger partial charge in [0, 0.05) is 40.5 Å². The molecule has 0 spiro atoms. The Hall–Kier alpha value is -3.47. The van der Waals surface area contributed by atoms with E-state index in [-0.39, 0.29) is 5.82 Å². The molecule has 1 aromatic carbocycles. The van der Waals surface area contributed by atoms with E-state index >= 15 is 0 Å². The molecule has 0 radical (unpaired) electrons. The molecule has 0 aliphatic carbocycles. The number of fused-ring (bicyclic) bond motifs is 1. The van der Waals surface area contributed by atoms with Gasteiger partial charge in [0.2, 0.25) is 0 Å². The third kappa shape index (κ3) is 6.01. The summed E-state index contributed by atoms with van der Waals surface area (Å²) in [5, 5.41) is 3.84. The summed E-state index contributed by atoms with van der Waals surface area (Å²) in [6.45, 7) is 14.2. The second-order valence-electron chi connectivity index (χ2n) is 6.37. The number of benzene rings is 1. The van der Waals surface area contributed by atoms with Gasteiger partial charge in [-0.25, -0.2) is 4.39 Å². The van der Waals surface area contributed by atoms with Crippen molar-refractivity contribution < 1.29 is 9.18 Å². The fraction of sp³-hybridized carbons (Fsp3) is 0.231. The Labute approximate surface area is 184 Å². The van der Waals surface area contributed by atoms with E-state index in [1.807, 2.05) is 44.4 Å². The predicted molar refractivity (Wildman–Crippen MR) is 130 cm³/mol. The van der Waals surface area contributed by atoms with E-state index in [0.29, 0.717) is 17.7 Å². The molecule has 0 aliphatic heterocycles. The summed E-state index contributed by atoms with van der Waals surface area (Å²) < 4.78 is 16.2. The number of allylic oxidation sites excluding steroid dienone is 3. The zero-order valence-corrected chi connectivity index (χ0v) is 19.1. The molecule has 0 fully saturated rings. The van der Waals surface area contributed by atoms with Gasteiger partial charge in [-0.2, -0.15) is 0 Å². The van der Waals surface area contributed by atoms with Crippen LogP contribution in [0.1, 0.15) is 36.4 Å². The molecule has 1 N–H and O–H groups in total. The second-order valence-corrected chi connectivity index (χ2v) is 6.37. The van der Waals surface area contributed by atoms with Crippen LogP contribution in [0, 0.1) is 19.7 Å². The van der Waals surface area contributed by atoms with E-state index in [9.17, 15) is 9.18 Å². The molecule has 3 aromatic rings. The lowest BCUT2D eigenvalue weighted by Crippen LogP contribution is -2.04. The molecule has 0 amide bonds. The minimum absolute atomic E-state index is 0.247. The number of nitrogens with one attached hydrogen (secondary N) is 1. The highest BCUT2D eigenvalue weighted by molar-refractivity contribution is 6.14. The lowest BCUT2D eigenvalue weighted by Gasteiger charge is -2.10. The molecule has 31 heavy (non-hydrogen) atoms. The number of aldehydes is 1. The van der Waals surface area contributed by atoms with Crippen molar-refractivity contribution in [2.45, 2.75) is 34.2 Å². The van der Waals surface area contributed by atoms with Crippen LogP contribution in [0.15, 0.2) is 68.0 Å². The number of aromatic nitrogens is 2. The number of nitrogens with zero attached hydrogens (tertiary/aromatic N) is 2. The zero-order chi connectivity index (χ0) is 23.4. The minimum atomic E-state index is -0.247. The van der Waals surface area contributed by atoms with E-state index in [1.165, 1.54) is 6.07 Å². The molecule has 0 aliphatic rings. The van der Waals surface area contributed by atoms with Crippen LogP contribution in [-0.4, -0.2) is 22.9 Å². The summed E-state index contributed by atoms with van der Waals surface area (Å²) in [5.41, 5.74) is 4.65. The molecular weight excluding hydrogens is 389 g/mol. The summed E-state index contributed by atoms with van der Waals surface area (Å²) >= 11 is 0. The molecule has 5 heteroatoms. The van der Waals surface area contributed by atoms with Crippen LogP contribution in [0.25, 0.3) is 16.5 Å². The summed E-state index contributed by atoms with van der Waals surface area (Å²) in [4.78, 5) is 16.2. The van der Waals surface area contributed by atoms with Crippen LogP contribution >= 0.6 is 0 Å². The van der Waals surface area contributed by atoms with E-state index in [1.54, 1.807) is 43.7 Å². The van der Waals surface area contributed by atoms with Gasteiger partial charge in [-0.3, -0.25) is 9.78 Å². The van der Waals surface area contributed by atoms with Gasteiger partial charge in [0.05, 0.1) is 18.3 Å². The molecule has 3 rings (SSSR count). The smallest absolute Gasteiger partial charge is 0.150 e. The summed E-state index contributed by atoms with van der Waals surface area (Å²) in [5.74, 6) is -0.247. The van der Waals surface area contributed by atoms with Crippen LogP contribution in [-0.2, 0) is 11.3 Å². The Balaban J connectivity index is 0.00000113. The lowest BCUT2D eigenvalue weighted by molar-refractivity contribution is -0.103. The first-order chi connectivity index (χ1) is 15.1. The first kappa shape index (κ1) is 25.6. The number of aryl methyl sites for hydroxylation is 1. The maximum atomic E-state index is 14.2. The Morgan fingerprint density at radius 1 is 1.23 bits per heavy atom. The van der Waals surface area contributed by atoms with Gasteiger partial charge in [-0.15, -0.1) is 13.2 Å². The molecule has 2 aromatic heterocycles. The number of hydrogen-bond donors (Lipinski definition) is 1. The van der Waals surface area contributed by atoms with Crippen molar-refractivity contribution in [1.82, 2.24) is 14.9 Å². The first-order valence-electron chi connectivity index (χ1n) is 10.2. The Morgan fingerprint density at radius 3 is 2.52 bits per heavy atom. The van der Waals surface area contributed by atoms with Crippen molar-refractivity contribution >= 4 is 22.8 Å². The lowest BCUT2D eigenvalue weighted by atomic mass is 10.0. The average molecular weight is 422 g/mol. The quantitative estimate of drug-likeness (QED) is 0.230. The normalized spacial score (nSPS) is 10.8. The molecule has 164 valence electrons. The standard InChI is InChI=1S/C22H22FN3O.C2H6.C2H4/c1-15-11-19-21(12-25-15)26(13-17-7-4-5-9-20(17)23)16(2)22(19)18(14-27)8-6-10-24-3;2*1-2/h4-12,14,24H,13H2,1-3H3;1-2H3;1-2H2/b10-6-,18-8+;;. The van der Waals surface area contributed by atoms with E-state index in [2.05, 4.69) is 23.5 Å². The van der Waals surface area contributed by atoms with Crippen LogP contribution < -0.4 is 5.32 Å². The summed E-state index contributed by atoms with van der Waals surface area (Å²) in [6.07, 6.45) is 7.95. The van der Waals surface area contributed by atoms with Crippen molar-refractivity contribution in [2.24, 2.45) is 0 Å². The number of pyridine rings is 1. The minimum Gasteiger partial charge on any atom is -0.394 e. The van der Waals surface area contributed by atoms with E-state index in [0.717, 1.165) is 34.1 Å². The highest BCUT2D eigenvalue weighted by Gasteiger charge is 2.18. The van der Waals surface area contributed by atoms with Crippen LogP contribution in [0.3, 0.4) is 0 Å². The van der Waals surface area contributed by atoms with Gasteiger partial charge in [0.25, 0.3) is 0 Å². The zero-order valence-electron chi connectivity index (χ0n) is 19.1. The summed E-state index contributed by atoms with van der Waals surface area (Å²) in [7, 11) is 1.80. The topological polar surface area (TPSA) is 46.9 Å². The van der Waals surface area contributed by atoms with Crippen molar-refractivity contribution in [1.29, 1.82) is 0 Å². The molecule has 0 saturated carbocycles. The van der Waals surface area contributed by atoms with Crippen LogP contribution in [0.2, 0.25) is 0 Å². The Morgan fingerprint density at radius 2 is 1.90 bits per heavy atom. The highest BCUT2D eigenvalue weighted by atomic mass is 19.1. The van der Waals surface area contributed by atoms with Gasteiger partial charge >= 0.3 is 0 Å². The summed E-state index contributed by atoms with van der Waals surface area (Å²) in [6, 6.07) is 8.70. The molecule has 4 nitrogen and oxygen atoms in total. The van der Waals surface area contributed by atoms with Crippen molar-refractivity contribution in [3.05, 3.63) is 96.4 Å². The third-order valence-corrected chi connectivity index (χ3v) is 4.59. The third-order valence-electron chi connectivity index (χ3n) is 4.59. The molecule has 0 saturated heterocycles. The molecule has 0 bridgehead atoms. The molecule has 2 heterocycles. The Bertz CT molecular complexity index is 1060. The van der Waals surface area contributed by atoms with Crippen molar-refractivity contribution in [3.63, 3.8) is 0 Å². The number of carbonyl (C=O) groups excluding carboxylic acids is 1. The van der Waals surface area contributed by atoms with Crippen LogP contribution in [0.5, 0.6) is 0 Å². The number of halogens is 1. The van der Waals surface area contributed by atoms with Gasteiger partial charge in [-0.1, -0.05) is 32.0 Å². The fourth-order valence-corrected chi connectivity index (χ4v) is 3.27. The first-order valence-corrected chi connectivity index (χ1v) is 10.2. The number of carbonyl (C=O) groups is 1. The van der Waals surface area contributed by atoms with Gasteiger partial charge < -0.3 is 9.88 Å².